The fourth-order valence-electron chi connectivity index (χ4n) is 4.50. The number of benzene rings is 1. The highest BCUT2D eigenvalue weighted by molar-refractivity contribution is 5.61. The van der Waals surface area contributed by atoms with Crippen molar-refractivity contribution in [3.8, 4) is 11.5 Å². The summed E-state index contributed by atoms with van der Waals surface area (Å²) in [6.07, 6.45) is 2.26. The quantitative estimate of drug-likeness (QED) is 0.712. The maximum absolute atomic E-state index is 10.1. The van der Waals surface area contributed by atoms with Gasteiger partial charge in [-0.25, -0.2) is 4.79 Å². The summed E-state index contributed by atoms with van der Waals surface area (Å²) in [6.45, 7) is 2.04. The number of nitrogens with two attached hydrogens (primary N) is 1. The van der Waals surface area contributed by atoms with Gasteiger partial charge in [0.05, 0.1) is 13.2 Å². The van der Waals surface area contributed by atoms with E-state index in [2.05, 4.69) is 23.7 Å². The number of methoxy groups -OCH3 is 1. The van der Waals surface area contributed by atoms with E-state index in [0.717, 1.165) is 50.3 Å². The van der Waals surface area contributed by atoms with Crippen LogP contribution in [0.2, 0.25) is 0 Å². The largest absolute Gasteiger partial charge is 0.493 e. The Kier molecular flexibility index (Phi) is 4.79. The molecule has 138 valence electrons. The molecule has 3 aliphatic rings. The van der Waals surface area contributed by atoms with Gasteiger partial charge in [-0.1, -0.05) is 6.07 Å². The molecule has 0 saturated heterocycles. The highest BCUT2D eigenvalue weighted by Crippen LogP contribution is 2.57. The van der Waals surface area contributed by atoms with Crippen molar-refractivity contribution in [3.63, 3.8) is 0 Å². The Balaban J connectivity index is 0.000000415. The molecule has 2 aliphatic heterocycles. The first-order valence-corrected chi connectivity index (χ1v) is 8.59. The van der Waals surface area contributed by atoms with Crippen molar-refractivity contribution in [1.82, 2.24) is 4.90 Å². The van der Waals surface area contributed by atoms with E-state index in [1.807, 2.05) is 6.07 Å². The molecule has 1 saturated carbocycles. The molecule has 0 radical (unpaired) electrons. The van der Waals surface area contributed by atoms with Gasteiger partial charge in [-0.05, 0) is 44.5 Å². The van der Waals surface area contributed by atoms with E-state index in [0.29, 0.717) is 0 Å². The Morgan fingerprint density at radius 3 is 2.84 bits per heavy atom. The molecule has 4 rings (SSSR count). The highest BCUT2D eigenvalue weighted by Gasteiger charge is 2.54. The Hall–Kier alpha value is -1.99. The van der Waals surface area contributed by atoms with E-state index in [9.17, 15) is 5.11 Å². The molecule has 25 heavy (non-hydrogen) atoms. The van der Waals surface area contributed by atoms with Crippen LogP contribution in [-0.4, -0.2) is 54.1 Å². The molecule has 1 aromatic rings. The number of hydrogen-bond donors (Lipinski definition) is 3. The van der Waals surface area contributed by atoms with Gasteiger partial charge in [-0.2, -0.15) is 0 Å². The average Bonchev–Trinajstić information content (AvgIpc) is 2.79. The van der Waals surface area contributed by atoms with Crippen LogP contribution in [0.1, 0.15) is 36.8 Å². The summed E-state index contributed by atoms with van der Waals surface area (Å²) in [6, 6.07) is 4.22. The lowest BCUT2D eigenvalue weighted by atomic mass is 9.65. The molecule has 2 heterocycles. The van der Waals surface area contributed by atoms with E-state index >= 15 is 0 Å². The summed E-state index contributed by atoms with van der Waals surface area (Å²) in [5, 5.41) is 17.3. The van der Waals surface area contributed by atoms with Crippen LogP contribution >= 0.6 is 0 Å². The summed E-state index contributed by atoms with van der Waals surface area (Å²) < 4.78 is 11.8. The first kappa shape index (κ1) is 17.8. The third kappa shape index (κ3) is 3.14. The van der Waals surface area contributed by atoms with E-state index in [-0.39, 0.29) is 17.6 Å². The lowest BCUT2D eigenvalue weighted by molar-refractivity contribution is 0.0120. The average molecular weight is 350 g/mol. The van der Waals surface area contributed by atoms with Crippen LogP contribution in [0.4, 0.5) is 4.79 Å². The van der Waals surface area contributed by atoms with Crippen LogP contribution in [-0.2, 0) is 12.0 Å². The molecular formula is C18H26N2O5. The lowest BCUT2D eigenvalue weighted by Gasteiger charge is -2.40. The number of rotatable bonds is 1. The minimum absolute atomic E-state index is 0.0726. The molecule has 1 amide bonds. The topological polar surface area (TPSA) is 105 Å². The smallest absolute Gasteiger partial charge is 0.402 e. The zero-order valence-corrected chi connectivity index (χ0v) is 14.7. The molecule has 7 nitrogen and oxygen atoms in total. The van der Waals surface area contributed by atoms with Crippen molar-refractivity contribution in [2.75, 3.05) is 20.7 Å². The molecular weight excluding hydrogens is 324 g/mol. The number of primary amides is 1. The Morgan fingerprint density at radius 2 is 2.16 bits per heavy atom. The number of amides is 1. The Morgan fingerprint density at radius 1 is 1.44 bits per heavy atom. The van der Waals surface area contributed by atoms with E-state index < -0.39 is 6.09 Å². The standard InChI is InChI=1S/C17H23NO3.CH3NO2/c1-18-8-7-17-6-5-12(19)9-14(17)21-16-13(20-2)4-3-11(10-18)15(16)17;2-1(3)4/h3-4,12,14,19H,5-10H2,1-2H3;2H2,(H,3,4)/t12-,14-,17-;/m0./s1. The third-order valence-electron chi connectivity index (χ3n) is 5.59. The normalized spacial score (nSPS) is 30.0. The van der Waals surface area contributed by atoms with Crippen molar-refractivity contribution in [1.29, 1.82) is 0 Å². The van der Waals surface area contributed by atoms with Crippen LogP contribution in [0.25, 0.3) is 0 Å². The van der Waals surface area contributed by atoms with Crippen LogP contribution < -0.4 is 15.2 Å². The Bertz CT molecular complexity index is 661. The van der Waals surface area contributed by atoms with Crippen molar-refractivity contribution in [2.45, 2.75) is 49.9 Å². The van der Waals surface area contributed by atoms with Gasteiger partial charge in [0.2, 0.25) is 0 Å². The molecule has 1 aromatic carbocycles. The second-order valence-electron chi connectivity index (χ2n) is 7.15. The molecule has 4 N–H and O–H groups in total. The molecule has 1 fully saturated rings. The first-order chi connectivity index (χ1) is 11.9. The molecule has 1 aliphatic carbocycles. The molecule has 0 bridgehead atoms. The minimum Gasteiger partial charge on any atom is -0.493 e. The number of ether oxygens (including phenoxy) is 2. The summed E-state index contributed by atoms with van der Waals surface area (Å²) in [5.41, 5.74) is 6.83. The summed E-state index contributed by atoms with van der Waals surface area (Å²) in [7, 11) is 3.88. The van der Waals surface area contributed by atoms with Gasteiger partial charge in [0.25, 0.3) is 0 Å². The predicted octanol–water partition coefficient (Wildman–Crippen LogP) is 1.70. The monoisotopic (exact) mass is 350 g/mol. The van der Waals surface area contributed by atoms with Gasteiger partial charge >= 0.3 is 6.09 Å². The second-order valence-corrected chi connectivity index (χ2v) is 7.15. The zero-order chi connectivity index (χ0) is 18.2. The van der Waals surface area contributed by atoms with E-state index in [1.165, 1.54) is 11.1 Å². The van der Waals surface area contributed by atoms with Crippen LogP contribution in [0, 0.1) is 0 Å². The van der Waals surface area contributed by atoms with Gasteiger partial charge in [0.1, 0.15) is 6.10 Å². The third-order valence-corrected chi connectivity index (χ3v) is 5.59. The SMILES string of the molecule is COc1ccc2c3c1O[C@H]1C[C@@H](O)CC[C@@]31CCN(C)C2.NC(=O)O. The van der Waals surface area contributed by atoms with Gasteiger partial charge in [0.15, 0.2) is 11.5 Å². The van der Waals surface area contributed by atoms with Crippen molar-refractivity contribution < 1.29 is 24.5 Å². The maximum atomic E-state index is 10.1. The predicted molar refractivity (Wildman–Crippen MR) is 92.1 cm³/mol. The molecule has 1 spiro atoms. The van der Waals surface area contributed by atoms with Crippen LogP contribution in [0.15, 0.2) is 12.1 Å². The number of carbonyl (C=O) groups is 1. The summed E-state index contributed by atoms with van der Waals surface area (Å²) >= 11 is 0. The van der Waals surface area contributed by atoms with Crippen molar-refractivity contribution in [2.24, 2.45) is 5.73 Å². The second kappa shape index (κ2) is 6.72. The van der Waals surface area contributed by atoms with E-state index in [4.69, 9.17) is 19.4 Å². The molecule has 7 heteroatoms. The van der Waals surface area contributed by atoms with Crippen LogP contribution in [0.3, 0.4) is 0 Å². The molecule has 0 unspecified atom stereocenters. The number of aliphatic hydroxyl groups excluding tert-OH is 1. The van der Waals surface area contributed by atoms with Crippen LogP contribution in [0.5, 0.6) is 11.5 Å². The number of nitrogens with zero attached hydrogens (tertiary/aromatic N) is 1. The van der Waals surface area contributed by atoms with Gasteiger partial charge in [0, 0.05) is 23.9 Å². The number of aliphatic hydroxyl groups is 1. The summed E-state index contributed by atoms with van der Waals surface area (Å²) in [5.74, 6) is 1.77. The molecule has 3 atom stereocenters. The lowest BCUT2D eigenvalue weighted by Crippen LogP contribution is -2.45. The van der Waals surface area contributed by atoms with E-state index in [1.54, 1.807) is 7.11 Å². The van der Waals surface area contributed by atoms with Crippen molar-refractivity contribution >= 4 is 6.09 Å². The fourth-order valence-corrected chi connectivity index (χ4v) is 4.50. The minimum atomic E-state index is -1.33. The van der Waals surface area contributed by atoms with Crippen molar-refractivity contribution in [3.05, 3.63) is 23.3 Å². The number of hydrogen-bond acceptors (Lipinski definition) is 5. The highest BCUT2D eigenvalue weighted by atomic mass is 16.5. The van der Waals surface area contributed by atoms with Gasteiger partial charge in [-0.3, -0.25) is 0 Å². The maximum Gasteiger partial charge on any atom is 0.402 e. The van der Waals surface area contributed by atoms with Gasteiger partial charge in [-0.15, -0.1) is 0 Å². The summed E-state index contributed by atoms with van der Waals surface area (Å²) in [4.78, 5) is 11.2. The Labute approximate surface area is 147 Å². The number of carboxylic acid groups (broad SMARTS) is 1. The fraction of sp³-hybridized carbons (Fsp3) is 0.611. The molecule has 0 aromatic heterocycles. The van der Waals surface area contributed by atoms with Gasteiger partial charge < -0.3 is 30.3 Å². The first-order valence-electron chi connectivity index (χ1n) is 8.59. The zero-order valence-electron chi connectivity index (χ0n) is 14.7.